The standard InChI is InChI=1S/C42H25NO/c1-3-9-26(10-4-1)29-17-20-37-34(23-29)35-24-30(27-11-5-2-6-12-27)18-21-38(35)43(37)31-19-22-39-36(25-31)41-32-15-7-13-28-14-8-16-33(40(28)32)42(41)44-39/h1-25H. The van der Waals surface area contributed by atoms with E-state index in [2.05, 4.69) is 156 Å². The van der Waals surface area contributed by atoms with Gasteiger partial charge in [0.15, 0.2) is 0 Å². The molecule has 0 atom stereocenters. The SMILES string of the molecule is c1ccc(-c2ccc3c(c2)c2cc(-c4ccccc4)ccc2n3-c2ccc3oc4c(c3c2)-c2cccc3cccc-4c23)cc1. The van der Waals surface area contributed by atoms with Crippen molar-refractivity contribution in [2.24, 2.45) is 0 Å². The third-order valence-corrected chi connectivity index (χ3v) is 9.33. The fourth-order valence-corrected chi connectivity index (χ4v) is 7.34. The quantitative estimate of drug-likeness (QED) is 0.211. The molecule has 2 heterocycles. The van der Waals surface area contributed by atoms with Crippen LogP contribution in [0.5, 0.6) is 0 Å². The Hall–Kier alpha value is -5.86. The molecule has 9 aromatic rings. The number of benzene rings is 7. The molecule has 7 aromatic carbocycles. The Morgan fingerprint density at radius 2 is 1.05 bits per heavy atom. The maximum absolute atomic E-state index is 6.55. The van der Waals surface area contributed by atoms with Gasteiger partial charge >= 0.3 is 0 Å². The molecule has 0 spiro atoms. The lowest BCUT2D eigenvalue weighted by Crippen LogP contribution is -1.94. The number of aromatic nitrogens is 1. The Kier molecular flexibility index (Phi) is 4.75. The van der Waals surface area contributed by atoms with Gasteiger partial charge in [-0.1, -0.05) is 109 Å². The molecule has 2 nitrogen and oxygen atoms in total. The van der Waals surface area contributed by atoms with Crippen LogP contribution in [0.3, 0.4) is 0 Å². The van der Waals surface area contributed by atoms with Crippen molar-refractivity contribution in [3.8, 4) is 50.4 Å². The Bertz CT molecular complexity index is 2480. The number of hydrogen-bond acceptors (Lipinski definition) is 1. The first-order chi connectivity index (χ1) is 21.8. The number of rotatable bonds is 3. The summed E-state index contributed by atoms with van der Waals surface area (Å²) in [5, 5.41) is 6.18. The molecule has 0 saturated heterocycles. The van der Waals surface area contributed by atoms with Crippen LogP contribution in [0.15, 0.2) is 156 Å². The summed E-state index contributed by atoms with van der Waals surface area (Å²) in [5.41, 5.74) is 12.9. The molecule has 0 saturated carbocycles. The summed E-state index contributed by atoms with van der Waals surface area (Å²) >= 11 is 0. The highest BCUT2D eigenvalue weighted by Gasteiger charge is 2.28. The van der Waals surface area contributed by atoms with E-state index >= 15 is 0 Å². The van der Waals surface area contributed by atoms with E-state index < -0.39 is 0 Å². The predicted molar refractivity (Wildman–Crippen MR) is 183 cm³/mol. The van der Waals surface area contributed by atoms with E-state index in [1.165, 1.54) is 71.5 Å². The predicted octanol–water partition coefficient (Wildman–Crippen LogP) is 11.7. The molecule has 2 aromatic heterocycles. The second-order valence-electron chi connectivity index (χ2n) is 11.7. The van der Waals surface area contributed by atoms with Crippen molar-refractivity contribution in [2.75, 3.05) is 0 Å². The highest BCUT2D eigenvalue weighted by Crippen LogP contribution is 2.52. The molecule has 0 radical (unpaired) electrons. The van der Waals surface area contributed by atoms with Crippen molar-refractivity contribution in [1.29, 1.82) is 0 Å². The van der Waals surface area contributed by atoms with Crippen molar-refractivity contribution in [2.45, 2.75) is 0 Å². The Morgan fingerprint density at radius 3 is 1.68 bits per heavy atom. The highest BCUT2D eigenvalue weighted by atomic mass is 16.3. The number of fused-ring (bicyclic) bond motifs is 8. The van der Waals surface area contributed by atoms with Gasteiger partial charge in [0.1, 0.15) is 11.3 Å². The van der Waals surface area contributed by atoms with Gasteiger partial charge in [-0.05, 0) is 75.7 Å². The van der Waals surface area contributed by atoms with Crippen LogP contribution >= 0.6 is 0 Å². The van der Waals surface area contributed by atoms with Crippen LogP contribution in [-0.4, -0.2) is 4.57 Å². The molecule has 0 fully saturated rings. The van der Waals surface area contributed by atoms with Gasteiger partial charge in [0.2, 0.25) is 0 Å². The maximum Gasteiger partial charge on any atom is 0.143 e. The van der Waals surface area contributed by atoms with Crippen LogP contribution in [0.4, 0.5) is 0 Å². The van der Waals surface area contributed by atoms with Crippen molar-refractivity contribution in [3.05, 3.63) is 152 Å². The van der Waals surface area contributed by atoms with E-state index in [1.807, 2.05) is 0 Å². The average Bonchev–Trinajstić information content (AvgIpc) is 3.73. The van der Waals surface area contributed by atoms with Crippen molar-refractivity contribution in [1.82, 2.24) is 4.57 Å². The fraction of sp³-hybridized carbons (Fsp3) is 0. The minimum absolute atomic E-state index is 0.920. The number of hydrogen-bond donors (Lipinski definition) is 0. The number of furan rings is 1. The highest BCUT2D eigenvalue weighted by molar-refractivity contribution is 6.20. The lowest BCUT2D eigenvalue weighted by Gasteiger charge is -2.10. The van der Waals surface area contributed by atoms with Gasteiger partial charge in [0.05, 0.1) is 11.0 Å². The summed E-state index contributed by atoms with van der Waals surface area (Å²) in [7, 11) is 0. The van der Waals surface area contributed by atoms with Crippen molar-refractivity contribution < 1.29 is 4.42 Å². The van der Waals surface area contributed by atoms with Crippen molar-refractivity contribution in [3.63, 3.8) is 0 Å². The zero-order valence-corrected chi connectivity index (χ0v) is 23.8. The molecule has 1 aliphatic carbocycles. The largest absolute Gasteiger partial charge is 0.455 e. The van der Waals surface area contributed by atoms with Gasteiger partial charge in [0, 0.05) is 38.4 Å². The summed E-state index contributed by atoms with van der Waals surface area (Å²) in [6, 6.07) is 54.8. The minimum atomic E-state index is 0.920. The van der Waals surface area contributed by atoms with Crippen LogP contribution in [0.25, 0.3) is 93.9 Å². The summed E-state index contributed by atoms with van der Waals surface area (Å²) in [4.78, 5) is 0. The van der Waals surface area contributed by atoms with Gasteiger partial charge in [-0.25, -0.2) is 0 Å². The second kappa shape index (κ2) is 8.82. The molecule has 0 bridgehead atoms. The lowest BCUT2D eigenvalue weighted by atomic mass is 10.0. The molecule has 1 aliphatic rings. The topological polar surface area (TPSA) is 18.1 Å². The molecule has 0 unspecified atom stereocenters. The van der Waals surface area contributed by atoms with Crippen LogP contribution in [-0.2, 0) is 0 Å². The normalized spacial score (nSPS) is 12.1. The van der Waals surface area contributed by atoms with Gasteiger partial charge in [0.25, 0.3) is 0 Å². The van der Waals surface area contributed by atoms with E-state index in [1.54, 1.807) is 0 Å². The van der Waals surface area contributed by atoms with E-state index in [0.29, 0.717) is 0 Å². The molecule has 2 heteroatoms. The Morgan fingerprint density at radius 1 is 0.432 bits per heavy atom. The summed E-state index contributed by atoms with van der Waals surface area (Å²) in [6.07, 6.45) is 0. The van der Waals surface area contributed by atoms with E-state index in [4.69, 9.17) is 4.42 Å². The van der Waals surface area contributed by atoms with Crippen molar-refractivity contribution >= 4 is 43.5 Å². The van der Waals surface area contributed by atoms with E-state index in [0.717, 1.165) is 22.4 Å². The monoisotopic (exact) mass is 559 g/mol. The Balaban J connectivity index is 1.24. The summed E-state index contributed by atoms with van der Waals surface area (Å²) in [5.74, 6) is 0.978. The maximum atomic E-state index is 6.55. The zero-order valence-electron chi connectivity index (χ0n) is 23.8. The molecular weight excluding hydrogens is 534 g/mol. The van der Waals surface area contributed by atoms with Crippen LogP contribution in [0.1, 0.15) is 0 Å². The lowest BCUT2D eigenvalue weighted by molar-refractivity contribution is 0.634. The molecule has 0 aliphatic heterocycles. The molecule has 0 amide bonds. The first-order valence-electron chi connectivity index (χ1n) is 15.1. The summed E-state index contributed by atoms with van der Waals surface area (Å²) < 4.78 is 8.96. The first kappa shape index (κ1) is 23.7. The smallest absolute Gasteiger partial charge is 0.143 e. The molecule has 10 rings (SSSR count). The van der Waals surface area contributed by atoms with Crippen LogP contribution in [0, 0.1) is 0 Å². The van der Waals surface area contributed by atoms with Crippen LogP contribution in [0.2, 0.25) is 0 Å². The number of nitrogens with zero attached hydrogens (tertiary/aromatic N) is 1. The van der Waals surface area contributed by atoms with Gasteiger partial charge < -0.3 is 8.98 Å². The van der Waals surface area contributed by atoms with Crippen LogP contribution < -0.4 is 0 Å². The fourth-order valence-electron chi connectivity index (χ4n) is 7.34. The first-order valence-corrected chi connectivity index (χ1v) is 15.1. The third-order valence-electron chi connectivity index (χ3n) is 9.33. The Labute approximate surface area is 254 Å². The van der Waals surface area contributed by atoms with E-state index in [-0.39, 0.29) is 0 Å². The molecule has 0 N–H and O–H groups in total. The molecule has 204 valence electrons. The summed E-state index contributed by atoms with van der Waals surface area (Å²) in [6.45, 7) is 0. The third kappa shape index (κ3) is 3.25. The average molecular weight is 560 g/mol. The van der Waals surface area contributed by atoms with Gasteiger partial charge in [-0.3, -0.25) is 0 Å². The second-order valence-corrected chi connectivity index (χ2v) is 11.7. The molecule has 44 heavy (non-hydrogen) atoms. The minimum Gasteiger partial charge on any atom is -0.455 e. The zero-order chi connectivity index (χ0) is 28.8. The van der Waals surface area contributed by atoms with Gasteiger partial charge in [-0.2, -0.15) is 0 Å². The van der Waals surface area contributed by atoms with E-state index in [9.17, 15) is 0 Å². The van der Waals surface area contributed by atoms with Gasteiger partial charge in [-0.15, -0.1) is 0 Å². The molecular formula is C42H25NO.